The van der Waals surface area contributed by atoms with E-state index in [1.165, 1.54) is 72.6 Å². The van der Waals surface area contributed by atoms with Crippen molar-refractivity contribution in [3.05, 3.63) is 327 Å². The highest BCUT2D eigenvalue weighted by molar-refractivity contribution is 6.31. The highest BCUT2D eigenvalue weighted by atomic mass is 35.5. The van der Waals surface area contributed by atoms with E-state index in [0.29, 0.717) is 5.75 Å². The molecule has 117 heavy (non-hydrogen) atoms. The number of aromatic nitrogens is 10. The van der Waals surface area contributed by atoms with E-state index >= 15 is 0 Å². The molecule has 0 saturated carbocycles. The van der Waals surface area contributed by atoms with E-state index in [4.69, 9.17) is 56.0 Å². The summed E-state index contributed by atoms with van der Waals surface area (Å²) in [5.74, 6) is 1.46. The summed E-state index contributed by atoms with van der Waals surface area (Å²) in [5, 5.41) is 3.33. The molecule has 0 spiro atoms. The maximum atomic E-state index is 6.18. The molecule has 0 radical (unpaired) electrons. The van der Waals surface area contributed by atoms with Crippen molar-refractivity contribution in [3.8, 4) is 11.5 Å². The van der Waals surface area contributed by atoms with Gasteiger partial charge in [-0.15, -0.1) is 0 Å². The fourth-order valence-electron chi connectivity index (χ4n) is 15.3. The largest absolute Gasteiger partial charge is 0.493 e. The van der Waals surface area contributed by atoms with Gasteiger partial charge in [-0.2, -0.15) is 0 Å². The van der Waals surface area contributed by atoms with Gasteiger partial charge in [0.25, 0.3) is 0 Å². The van der Waals surface area contributed by atoms with E-state index in [-0.39, 0.29) is 0 Å². The SMILES string of the molecule is COc1cc2c(cc1OC)N=C(CCc1cnc3ccccc3n1)C2.Cc1cc2c(cc1C)N=C(CCc1cnc3ccccc3n1)C2.Cc1cc2c(cc1Cl)N=C(CCc1cnc3ccccc3n1)C2.c1ccc2c(c1)CC(CCc1cnc3ccccc3n1)=N2.c1ccc2cc3c(cc2c1)CC(CCc1cnc2ccccc2n1)=N3. The van der Waals surface area contributed by atoms with Crippen LogP contribution in [0.4, 0.5) is 28.4 Å². The number of aryl methyl sites for hydroxylation is 8. The molecular weight excluding hydrogens is 1470 g/mol. The minimum Gasteiger partial charge on any atom is -0.493 e. The highest BCUT2D eigenvalue weighted by Crippen LogP contribution is 2.40. The molecule has 5 aliphatic rings. The zero-order chi connectivity index (χ0) is 79.6. The average Bonchev–Trinajstić information content (AvgIpc) is 1.68. The van der Waals surface area contributed by atoms with Gasteiger partial charge in [-0.3, -0.25) is 49.9 Å². The maximum absolute atomic E-state index is 6.18. The Morgan fingerprint density at radius 3 is 0.932 bits per heavy atom. The Bertz CT molecular complexity index is 6480. The van der Waals surface area contributed by atoms with Gasteiger partial charge >= 0.3 is 0 Å². The number of nitrogens with zero attached hydrogens (tertiary/aromatic N) is 15. The van der Waals surface area contributed by atoms with Gasteiger partial charge < -0.3 is 9.47 Å². The molecule has 576 valence electrons. The second kappa shape index (κ2) is 35.2. The van der Waals surface area contributed by atoms with E-state index in [1.807, 2.05) is 184 Å². The van der Waals surface area contributed by atoms with Crippen LogP contribution in [0.5, 0.6) is 11.5 Å². The van der Waals surface area contributed by atoms with Gasteiger partial charge in [-0.25, -0.2) is 24.9 Å². The van der Waals surface area contributed by atoms with Gasteiger partial charge in [-0.05, 0) is 237 Å². The molecule has 0 unspecified atom stereocenters. The van der Waals surface area contributed by atoms with Gasteiger partial charge in [0.05, 0.1) is 126 Å². The predicted molar refractivity (Wildman–Crippen MR) is 475 cm³/mol. The van der Waals surface area contributed by atoms with Gasteiger partial charge in [0.15, 0.2) is 11.5 Å². The third kappa shape index (κ3) is 18.4. The molecule has 0 atom stereocenters. The molecule has 0 aliphatic carbocycles. The number of methoxy groups -OCH3 is 2. The first-order chi connectivity index (χ1) is 57.4. The number of halogens is 1. The zero-order valence-corrected chi connectivity index (χ0v) is 66.9. The Morgan fingerprint density at radius 2 is 0.538 bits per heavy atom. The van der Waals surface area contributed by atoms with Crippen molar-refractivity contribution in [2.45, 2.75) is 117 Å². The molecule has 17 nitrogen and oxygen atoms in total. The topological polar surface area (TPSA) is 209 Å². The number of rotatable bonds is 17. The summed E-state index contributed by atoms with van der Waals surface area (Å²) < 4.78 is 10.7. The molecule has 21 rings (SSSR count). The molecule has 0 fully saturated rings. The standard InChI is InChI=1S/C22H17N3.C20H19N3O2.C20H19N3.C19H16ClN3.C18H15N3/c1-2-6-16-13-22-17(11-15(16)5-1)12-18(24-22)9-10-19-14-23-20-7-3-4-8-21(20)25-19;1-24-19-10-13-9-14(22-18(13)11-20(19)25-2)7-8-15-12-21-16-5-3-4-6-17(16)23-15;1-13-9-15-11-16(22-20(15)10-14(13)2)7-8-17-12-21-18-5-3-4-6-19(18)23-17;1-12-8-13-9-14(22-19(13)10-16(12)20)6-7-15-11-21-17-4-2-3-5-18(17)23-15;1-2-6-16-13(5-1)11-14(20-16)9-10-15-12-19-17-7-3-4-8-18(17)21-15/h1-8,11,13-14H,9-10,12H2;3-6,10-12H,7-9H2,1-2H3;3-6,9-10,12H,7-8,11H2,1-2H3;2-5,8,10-11H,6-7,9H2,1H3;1-8,12H,9-11H2. The Hall–Kier alpha value is -13.4. The number of aliphatic imine (C=N–C) groups is 5. The maximum Gasteiger partial charge on any atom is 0.162 e. The van der Waals surface area contributed by atoms with Crippen molar-refractivity contribution >= 4 is 135 Å². The molecule has 0 saturated heterocycles. The lowest BCUT2D eigenvalue weighted by atomic mass is 10.0. The van der Waals surface area contributed by atoms with Crippen molar-refractivity contribution in [3.63, 3.8) is 0 Å². The van der Waals surface area contributed by atoms with Crippen LogP contribution in [0.15, 0.2) is 274 Å². The summed E-state index contributed by atoms with van der Waals surface area (Å²) in [6, 6.07) is 73.7. The lowest BCUT2D eigenvalue weighted by Gasteiger charge is -2.08. The van der Waals surface area contributed by atoms with E-state index in [0.717, 1.165) is 230 Å². The van der Waals surface area contributed by atoms with Gasteiger partial charge in [-0.1, -0.05) is 127 Å². The quantitative estimate of drug-likeness (QED) is 0.0834. The van der Waals surface area contributed by atoms with Crippen LogP contribution in [0.25, 0.3) is 65.9 Å². The lowest BCUT2D eigenvalue weighted by Crippen LogP contribution is -2.02. The third-order valence-electron chi connectivity index (χ3n) is 21.8. The minimum atomic E-state index is 0.714. The van der Waals surface area contributed by atoms with Crippen LogP contribution in [0.1, 0.15) is 105 Å². The molecule has 10 heterocycles. The number of hydrogen-bond acceptors (Lipinski definition) is 17. The summed E-state index contributed by atoms with van der Waals surface area (Å²) in [6.07, 6.45) is 23.0. The summed E-state index contributed by atoms with van der Waals surface area (Å²) >= 11 is 6.18. The second-order valence-corrected chi connectivity index (χ2v) is 30.5. The van der Waals surface area contributed by atoms with Crippen LogP contribution < -0.4 is 9.47 Å². The number of hydrogen-bond donors (Lipinski definition) is 0. The van der Waals surface area contributed by atoms with Crippen molar-refractivity contribution in [2.75, 3.05) is 14.2 Å². The Labute approximate surface area is 684 Å². The normalized spacial score (nSPS) is 13.1. The Kier molecular flexibility index (Phi) is 22.9. The molecule has 5 aliphatic heterocycles. The molecule has 18 heteroatoms. The fraction of sp³-hybridized carbons (Fsp3) is 0.202. The minimum absolute atomic E-state index is 0.714. The summed E-state index contributed by atoms with van der Waals surface area (Å²) in [7, 11) is 3.29. The van der Waals surface area contributed by atoms with Crippen molar-refractivity contribution in [1.29, 1.82) is 0 Å². The molecule has 0 N–H and O–H groups in total. The van der Waals surface area contributed by atoms with Crippen molar-refractivity contribution in [1.82, 2.24) is 49.8 Å². The van der Waals surface area contributed by atoms with E-state index in [9.17, 15) is 0 Å². The van der Waals surface area contributed by atoms with Crippen LogP contribution in [0.2, 0.25) is 5.02 Å². The number of fused-ring (bicyclic) bond motifs is 11. The monoisotopic (exact) mass is 1550 g/mol. The molecule has 0 amide bonds. The van der Waals surface area contributed by atoms with Crippen molar-refractivity contribution in [2.24, 2.45) is 25.0 Å². The van der Waals surface area contributed by atoms with Gasteiger partial charge in [0.2, 0.25) is 0 Å². The number of para-hydroxylation sites is 11. The summed E-state index contributed by atoms with van der Waals surface area (Å²) in [5.41, 5.74) is 36.3. The van der Waals surface area contributed by atoms with Crippen LogP contribution in [-0.4, -0.2) is 92.6 Å². The third-order valence-corrected chi connectivity index (χ3v) is 22.2. The number of ether oxygens (including phenoxy) is 2. The van der Waals surface area contributed by atoms with Crippen LogP contribution in [0.3, 0.4) is 0 Å². The zero-order valence-electron chi connectivity index (χ0n) is 66.2. The Balaban J connectivity index is 0.000000105. The van der Waals surface area contributed by atoms with E-state index in [2.05, 4.69) is 127 Å². The molecular formula is C99H86ClN15O2. The highest BCUT2D eigenvalue weighted by Gasteiger charge is 2.23. The molecule has 16 aromatic rings. The van der Waals surface area contributed by atoms with Crippen LogP contribution in [-0.2, 0) is 64.2 Å². The first kappa shape index (κ1) is 76.3. The average molecular weight is 1550 g/mol. The smallest absolute Gasteiger partial charge is 0.162 e. The lowest BCUT2D eigenvalue weighted by molar-refractivity contribution is 0.355. The summed E-state index contributed by atoms with van der Waals surface area (Å²) in [6.45, 7) is 6.34. The van der Waals surface area contributed by atoms with Crippen LogP contribution >= 0.6 is 11.6 Å². The van der Waals surface area contributed by atoms with Gasteiger partial charge in [0, 0.05) is 103 Å². The van der Waals surface area contributed by atoms with Crippen LogP contribution in [0, 0.1) is 20.8 Å². The first-order valence-electron chi connectivity index (χ1n) is 40.0. The summed E-state index contributed by atoms with van der Waals surface area (Å²) in [4.78, 5) is 69.6. The van der Waals surface area contributed by atoms with Crippen molar-refractivity contribution < 1.29 is 9.47 Å². The predicted octanol–water partition coefficient (Wildman–Crippen LogP) is 22.2. The molecule has 0 bridgehead atoms. The van der Waals surface area contributed by atoms with Gasteiger partial charge in [0.1, 0.15) is 0 Å². The van der Waals surface area contributed by atoms with E-state index in [1.54, 1.807) is 14.2 Å². The van der Waals surface area contributed by atoms with E-state index < -0.39 is 0 Å². The fourth-order valence-corrected chi connectivity index (χ4v) is 15.5. The first-order valence-corrected chi connectivity index (χ1v) is 40.3. The molecule has 5 aromatic heterocycles. The number of benzene rings is 11. The molecule has 11 aromatic carbocycles. The second-order valence-electron chi connectivity index (χ2n) is 30.1. The Morgan fingerprint density at radius 1 is 0.256 bits per heavy atom.